The first-order valence-electron chi connectivity index (χ1n) is 13.1. The van der Waals surface area contributed by atoms with Crippen LogP contribution >= 0.6 is 0 Å². The molecule has 0 bridgehead atoms. The lowest BCUT2D eigenvalue weighted by molar-refractivity contribution is -0.146. The maximum Gasteiger partial charge on any atom is 0.407 e. The molecule has 4 rings (SSSR count). The van der Waals surface area contributed by atoms with Gasteiger partial charge in [-0.05, 0) is 32.6 Å². The number of rotatable bonds is 8. The third-order valence-corrected chi connectivity index (χ3v) is 8.38. The molecule has 8 unspecified atom stereocenters. The number of carbonyl (C=O) groups is 2. The molecule has 2 N–H and O–H groups in total. The monoisotopic (exact) mass is 544 g/mol. The molecule has 2 saturated heterocycles. The molecule has 4 aliphatic heterocycles. The maximum atomic E-state index is 13.7. The Morgan fingerprint density at radius 1 is 1.26 bits per heavy atom. The van der Waals surface area contributed by atoms with E-state index in [4.69, 9.17) is 9.47 Å². The van der Waals surface area contributed by atoms with Crippen LogP contribution in [0.15, 0.2) is 10.1 Å². The number of likely N-dealkylation sites (tertiary alicyclic amines) is 1. The smallest absolute Gasteiger partial charge is 0.383 e. The summed E-state index contributed by atoms with van der Waals surface area (Å²) < 4.78 is 49.2. The number of hydrogen-bond donors (Lipinski definition) is 2. The van der Waals surface area contributed by atoms with E-state index in [2.05, 4.69) is 27.7 Å². The second kappa shape index (κ2) is 11.1. The Labute approximate surface area is 221 Å². The van der Waals surface area contributed by atoms with Crippen LogP contribution in [-0.2, 0) is 19.1 Å². The van der Waals surface area contributed by atoms with Crippen molar-refractivity contribution in [3.63, 3.8) is 0 Å². The van der Waals surface area contributed by atoms with E-state index in [1.807, 2.05) is 20.1 Å². The summed E-state index contributed by atoms with van der Waals surface area (Å²) in [5.74, 6) is -0.953. The van der Waals surface area contributed by atoms with E-state index in [9.17, 15) is 22.8 Å². The SMILES string of the molecule is COCCNC(=O)C1CC(C2CC(C)C3C(=O)N(C4C=NN(CC(F)(F)F)C4)C(C)(C)C3N2)C=NC1OC. The molecule has 0 aromatic heterocycles. The predicted octanol–water partition coefficient (Wildman–Crippen LogP) is 1.26. The first-order chi connectivity index (χ1) is 17.9. The first kappa shape index (κ1) is 28.8. The molecule has 38 heavy (non-hydrogen) atoms. The van der Waals surface area contributed by atoms with Gasteiger partial charge in [0.15, 0.2) is 6.23 Å². The summed E-state index contributed by atoms with van der Waals surface area (Å²) in [5, 5.41) is 11.5. The lowest BCUT2D eigenvalue weighted by Crippen LogP contribution is -2.62. The number of piperidine rings is 1. The molecular formula is C25H39F3N6O4. The third kappa shape index (κ3) is 5.69. The van der Waals surface area contributed by atoms with Gasteiger partial charge in [-0.3, -0.25) is 19.6 Å². The average Bonchev–Trinajstić information content (AvgIpc) is 3.36. The molecule has 0 saturated carbocycles. The maximum absolute atomic E-state index is 13.7. The van der Waals surface area contributed by atoms with Gasteiger partial charge < -0.3 is 25.0 Å². The number of hydrogen-bond acceptors (Lipinski definition) is 8. The van der Waals surface area contributed by atoms with Crippen molar-refractivity contribution in [2.24, 2.45) is 33.8 Å². The van der Waals surface area contributed by atoms with Crippen LogP contribution in [0.1, 0.15) is 33.6 Å². The van der Waals surface area contributed by atoms with Crippen LogP contribution in [0.25, 0.3) is 0 Å². The fraction of sp³-hybridized carbons (Fsp3) is 0.840. The summed E-state index contributed by atoms with van der Waals surface area (Å²) >= 11 is 0. The summed E-state index contributed by atoms with van der Waals surface area (Å²) in [6.07, 6.45) is -0.363. The van der Waals surface area contributed by atoms with Gasteiger partial charge in [0.2, 0.25) is 11.8 Å². The van der Waals surface area contributed by atoms with Crippen molar-refractivity contribution in [2.45, 2.75) is 69.7 Å². The van der Waals surface area contributed by atoms with Crippen molar-refractivity contribution in [2.75, 3.05) is 40.5 Å². The Morgan fingerprint density at radius 3 is 2.66 bits per heavy atom. The normalized spacial score (nSPS) is 36.6. The van der Waals surface area contributed by atoms with E-state index in [0.29, 0.717) is 26.0 Å². The first-order valence-corrected chi connectivity index (χ1v) is 13.1. The molecule has 10 nitrogen and oxygen atoms in total. The molecule has 4 heterocycles. The molecule has 214 valence electrons. The third-order valence-electron chi connectivity index (χ3n) is 8.38. The van der Waals surface area contributed by atoms with Gasteiger partial charge in [-0.15, -0.1) is 0 Å². The van der Waals surface area contributed by atoms with Crippen molar-refractivity contribution in [3.05, 3.63) is 0 Å². The molecule has 4 aliphatic rings. The highest BCUT2D eigenvalue weighted by Crippen LogP contribution is 2.45. The zero-order valence-electron chi connectivity index (χ0n) is 22.6. The van der Waals surface area contributed by atoms with Crippen LogP contribution in [0, 0.1) is 23.7 Å². The average molecular weight is 545 g/mol. The Kier molecular flexibility index (Phi) is 8.39. The van der Waals surface area contributed by atoms with Crippen LogP contribution in [0.4, 0.5) is 13.2 Å². The number of fused-ring (bicyclic) bond motifs is 1. The van der Waals surface area contributed by atoms with Crippen LogP contribution < -0.4 is 10.6 Å². The predicted molar refractivity (Wildman–Crippen MR) is 135 cm³/mol. The van der Waals surface area contributed by atoms with E-state index >= 15 is 0 Å². The Morgan fingerprint density at radius 2 is 2.00 bits per heavy atom. The zero-order valence-corrected chi connectivity index (χ0v) is 22.6. The molecule has 8 atom stereocenters. The highest BCUT2D eigenvalue weighted by Gasteiger charge is 2.60. The molecular weight excluding hydrogens is 505 g/mol. The number of ether oxygens (including phenoxy) is 2. The van der Waals surface area contributed by atoms with E-state index in [0.717, 1.165) is 5.01 Å². The number of halogens is 3. The van der Waals surface area contributed by atoms with E-state index < -0.39 is 36.4 Å². The van der Waals surface area contributed by atoms with Gasteiger partial charge in [-0.1, -0.05) is 6.92 Å². The molecule has 0 aromatic carbocycles. The summed E-state index contributed by atoms with van der Waals surface area (Å²) in [7, 11) is 3.11. The number of methoxy groups -OCH3 is 2. The van der Waals surface area contributed by atoms with Gasteiger partial charge in [-0.2, -0.15) is 18.3 Å². The van der Waals surface area contributed by atoms with Gasteiger partial charge in [0.1, 0.15) is 6.54 Å². The second-order valence-electron chi connectivity index (χ2n) is 11.4. The minimum Gasteiger partial charge on any atom is -0.383 e. The molecule has 2 fully saturated rings. The number of amides is 2. The summed E-state index contributed by atoms with van der Waals surface area (Å²) in [6.45, 7) is 5.65. The minimum absolute atomic E-state index is 0.0134. The fourth-order valence-electron chi connectivity index (χ4n) is 6.64. The topological polar surface area (TPSA) is 108 Å². The molecule has 13 heteroatoms. The summed E-state index contributed by atoms with van der Waals surface area (Å²) in [5.41, 5.74) is -0.655. The number of aliphatic imine (C=N–C) groups is 1. The lowest BCUT2D eigenvalue weighted by atomic mass is 9.71. The van der Waals surface area contributed by atoms with Gasteiger partial charge >= 0.3 is 6.18 Å². The van der Waals surface area contributed by atoms with Gasteiger partial charge in [-0.25, -0.2) is 0 Å². The zero-order chi connectivity index (χ0) is 27.8. The summed E-state index contributed by atoms with van der Waals surface area (Å²) in [6, 6.07) is -0.763. The van der Waals surface area contributed by atoms with E-state index in [1.54, 1.807) is 12.0 Å². The van der Waals surface area contributed by atoms with Crippen molar-refractivity contribution in [1.29, 1.82) is 0 Å². The largest absolute Gasteiger partial charge is 0.407 e. The molecule has 2 amide bonds. The molecule has 0 radical (unpaired) electrons. The van der Waals surface area contributed by atoms with Crippen molar-refractivity contribution < 1.29 is 32.2 Å². The summed E-state index contributed by atoms with van der Waals surface area (Å²) in [4.78, 5) is 32.8. The standard InChI is InChI=1S/C25H39F3N6O4/c1-14-8-18(15-9-17(22(38-5)30-10-15)21(35)29-6-7-37-4)32-20-19(14)23(36)34(24(20,2)3)16-11-31-33(12-16)13-25(26,27)28/h10-11,14-20,22,32H,6-9,12-13H2,1-5H3,(H,29,35). The Balaban J connectivity index is 1.47. The lowest BCUT2D eigenvalue weighted by Gasteiger charge is -2.45. The fourth-order valence-corrected chi connectivity index (χ4v) is 6.64. The van der Waals surface area contributed by atoms with E-state index in [-0.39, 0.29) is 48.2 Å². The second-order valence-corrected chi connectivity index (χ2v) is 11.4. The minimum atomic E-state index is -4.37. The van der Waals surface area contributed by atoms with Gasteiger partial charge in [0.05, 0.1) is 36.6 Å². The van der Waals surface area contributed by atoms with Crippen LogP contribution in [0.2, 0.25) is 0 Å². The number of nitrogens with zero attached hydrogens (tertiary/aromatic N) is 4. The van der Waals surface area contributed by atoms with Crippen molar-refractivity contribution in [3.8, 4) is 0 Å². The van der Waals surface area contributed by atoms with Crippen LogP contribution in [0.3, 0.4) is 0 Å². The number of carbonyl (C=O) groups excluding carboxylic acids is 2. The molecule has 0 aromatic rings. The number of nitrogens with one attached hydrogen (secondary N) is 2. The van der Waals surface area contributed by atoms with Gasteiger partial charge in [0.25, 0.3) is 0 Å². The highest BCUT2D eigenvalue weighted by molar-refractivity contribution is 5.88. The molecule has 0 aliphatic carbocycles. The van der Waals surface area contributed by atoms with Crippen molar-refractivity contribution in [1.82, 2.24) is 20.5 Å². The Bertz CT molecular complexity index is 945. The van der Waals surface area contributed by atoms with Gasteiger partial charge in [0, 0.05) is 51.2 Å². The quantitative estimate of drug-likeness (QED) is 0.446. The van der Waals surface area contributed by atoms with Crippen LogP contribution in [0.5, 0.6) is 0 Å². The number of hydrazone groups is 1. The Hall–Kier alpha value is -2.25. The highest BCUT2D eigenvalue weighted by atomic mass is 19.4. The van der Waals surface area contributed by atoms with E-state index in [1.165, 1.54) is 13.3 Å². The number of alkyl halides is 3. The van der Waals surface area contributed by atoms with Crippen LogP contribution in [-0.4, -0.2) is 111 Å². The molecule has 0 spiro atoms. The van der Waals surface area contributed by atoms with Crippen molar-refractivity contribution >= 4 is 24.2 Å².